The highest BCUT2D eigenvalue weighted by Gasteiger charge is 2.43. The maximum atomic E-state index is 14.1. The van der Waals surface area contributed by atoms with Crippen LogP contribution in [0.1, 0.15) is 67.1 Å². The SMILES string of the molecule is Cc1noc2nc(COc3ccc(Cl)c4c3[C@@H](CN3CCCC3=O)N(C(=O)[C@@H]3CCCC[C@@H]3C(=O)O)CC4)ccc12. The topological polar surface area (TPSA) is 126 Å². The quantitative estimate of drug-likeness (QED) is 0.426. The minimum atomic E-state index is -0.926. The molecule has 0 radical (unpaired) electrons. The Kier molecular flexibility index (Phi) is 7.59. The van der Waals surface area contributed by atoms with E-state index in [1.54, 1.807) is 21.9 Å². The number of carbonyl (C=O) groups excluding carboxylic acids is 2. The fraction of sp³-hybridized carbons (Fsp3) is 0.500. The van der Waals surface area contributed by atoms with Crippen LogP contribution in [-0.2, 0) is 27.4 Å². The summed E-state index contributed by atoms with van der Waals surface area (Å²) in [6, 6.07) is 6.84. The lowest BCUT2D eigenvalue weighted by Gasteiger charge is -2.43. The van der Waals surface area contributed by atoms with Crippen LogP contribution < -0.4 is 4.74 Å². The van der Waals surface area contributed by atoms with Crippen LogP contribution in [0.3, 0.4) is 0 Å². The van der Waals surface area contributed by atoms with E-state index >= 15 is 0 Å². The van der Waals surface area contributed by atoms with Gasteiger partial charge in [0.05, 0.1) is 34.7 Å². The number of aromatic nitrogens is 2. The zero-order chi connectivity index (χ0) is 28.7. The molecule has 1 N–H and O–H groups in total. The zero-order valence-corrected chi connectivity index (χ0v) is 23.7. The number of nitrogens with zero attached hydrogens (tertiary/aromatic N) is 4. The second kappa shape index (κ2) is 11.3. The molecule has 0 spiro atoms. The Bertz CT molecular complexity index is 1510. The molecule has 0 unspecified atom stereocenters. The van der Waals surface area contributed by atoms with Gasteiger partial charge in [-0.3, -0.25) is 14.4 Å². The average molecular weight is 581 g/mol. The normalized spacial score (nSPS) is 22.7. The number of carboxylic acid groups (broad SMARTS) is 1. The van der Waals surface area contributed by atoms with Crippen LogP contribution >= 0.6 is 11.6 Å². The van der Waals surface area contributed by atoms with E-state index in [1.807, 2.05) is 19.1 Å². The van der Waals surface area contributed by atoms with Gasteiger partial charge in [0.25, 0.3) is 5.71 Å². The lowest BCUT2D eigenvalue weighted by atomic mass is 9.77. The van der Waals surface area contributed by atoms with Crippen molar-refractivity contribution < 1.29 is 28.8 Å². The number of pyridine rings is 1. The summed E-state index contributed by atoms with van der Waals surface area (Å²) >= 11 is 6.70. The summed E-state index contributed by atoms with van der Waals surface area (Å²) < 4.78 is 11.7. The number of likely N-dealkylation sites (tertiary alicyclic amines) is 1. The third-order valence-corrected chi connectivity index (χ3v) is 9.13. The number of carbonyl (C=O) groups is 3. The van der Waals surface area contributed by atoms with E-state index in [0.29, 0.717) is 67.5 Å². The van der Waals surface area contributed by atoms with E-state index < -0.39 is 23.8 Å². The number of halogens is 1. The van der Waals surface area contributed by atoms with Gasteiger partial charge in [0, 0.05) is 36.6 Å². The summed E-state index contributed by atoms with van der Waals surface area (Å²) in [5.74, 6) is -1.78. The molecular weight excluding hydrogens is 548 g/mol. The van der Waals surface area contributed by atoms with Gasteiger partial charge in [0.1, 0.15) is 12.4 Å². The van der Waals surface area contributed by atoms with Crippen LogP contribution in [0.5, 0.6) is 5.75 Å². The van der Waals surface area contributed by atoms with Gasteiger partial charge in [0.15, 0.2) is 0 Å². The molecular formula is C30H33ClN4O6. The Labute approximate surface area is 242 Å². The first-order chi connectivity index (χ1) is 19.8. The van der Waals surface area contributed by atoms with Gasteiger partial charge < -0.3 is 24.2 Å². The molecule has 3 aromatic rings. The van der Waals surface area contributed by atoms with Gasteiger partial charge in [-0.1, -0.05) is 29.6 Å². The van der Waals surface area contributed by atoms with Crippen LogP contribution in [0.25, 0.3) is 11.1 Å². The molecule has 11 heteroatoms. The maximum absolute atomic E-state index is 14.1. The van der Waals surface area contributed by atoms with Crippen molar-refractivity contribution in [2.45, 2.75) is 64.5 Å². The molecule has 3 atom stereocenters. The van der Waals surface area contributed by atoms with Gasteiger partial charge in [-0.05, 0) is 62.4 Å². The highest BCUT2D eigenvalue weighted by Crippen LogP contribution is 2.43. The molecule has 1 aliphatic carbocycles. The molecule has 1 saturated carbocycles. The van der Waals surface area contributed by atoms with Gasteiger partial charge in [-0.2, -0.15) is 0 Å². The summed E-state index contributed by atoms with van der Waals surface area (Å²) in [7, 11) is 0. The van der Waals surface area contributed by atoms with Crippen LogP contribution in [-0.4, -0.2) is 62.5 Å². The summed E-state index contributed by atoms with van der Waals surface area (Å²) in [6.45, 7) is 3.32. The number of hydrogen-bond donors (Lipinski definition) is 1. The molecule has 2 aliphatic heterocycles. The predicted molar refractivity (Wildman–Crippen MR) is 149 cm³/mol. The van der Waals surface area contributed by atoms with E-state index in [4.69, 9.17) is 20.9 Å². The largest absolute Gasteiger partial charge is 0.487 e. The summed E-state index contributed by atoms with van der Waals surface area (Å²) in [6.07, 6.45) is 4.41. The second-order valence-electron chi connectivity index (χ2n) is 11.2. The predicted octanol–water partition coefficient (Wildman–Crippen LogP) is 4.70. The third kappa shape index (κ3) is 5.25. The van der Waals surface area contributed by atoms with Gasteiger partial charge in [0.2, 0.25) is 11.8 Å². The lowest BCUT2D eigenvalue weighted by molar-refractivity contribution is -0.154. The fourth-order valence-corrected chi connectivity index (χ4v) is 6.88. The second-order valence-corrected chi connectivity index (χ2v) is 11.6. The molecule has 3 aliphatic rings. The van der Waals surface area contributed by atoms with Crippen LogP contribution in [0.15, 0.2) is 28.8 Å². The fourth-order valence-electron chi connectivity index (χ4n) is 6.62. The van der Waals surface area contributed by atoms with E-state index in [9.17, 15) is 19.5 Å². The van der Waals surface area contributed by atoms with Crippen LogP contribution in [0, 0.1) is 18.8 Å². The van der Waals surface area contributed by atoms with Crippen molar-refractivity contribution in [3.05, 3.63) is 51.8 Å². The smallest absolute Gasteiger partial charge is 0.307 e. The number of amides is 2. The molecule has 2 aromatic heterocycles. The Balaban J connectivity index is 1.35. The molecule has 216 valence electrons. The van der Waals surface area contributed by atoms with E-state index in [-0.39, 0.29) is 18.4 Å². The molecule has 41 heavy (non-hydrogen) atoms. The number of benzene rings is 1. The van der Waals surface area contributed by atoms with Crippen molar-refractivity contribution in [2.75, 3.05) is 19.6 Å². The number of fused-ring (bicyclic) bond motifs is 2. The molecule has 6 rings (SSSR count). The van der Waals surface area contributed by atoms with Crippen molar-refractivity contribution in [1.82, 2.24) is 19.9 Å². The first-order valence-electron chi connectivity index (χ1n) is 14.3. The Morgan fingerprint density at radius 1 is 1.10 bits per heavy atom. The molecule has 1 aromatic carbocycles. The number of hydrogen-bond acceptors (Lipinski definition) is 7. The number of carboxylic acids is 1. The van der Waals surface area contributed by atoms with E-state index in [0.717, 1.165) is 41.5 Å². The third-order valence-electron chi connectivity index (χ3n) is 8.77. The number of rotatable bonds is 7. The van der Waals surface area contributed by atoms with Crippen molar-refractivity contribution in [3.63, 3.8) is 0 Å². The van der Waals surface area contributed by atoms with Crippen molar-refractivity contribution in [3.8, 4) is 5.75 Å². The first-order valence-corrected chi connectivity index (χ1v) is 14.7. The molecule has 0 bridgehead atoms. The zero-order valence-electron chi connectivity index (χ0n) is 23.0. The van der Waals surface area contributed by atoms with E-state index in [1.165, 1.54) is 0 Å². The minimum Gasteiger partial charge on any atom is -0.487 e. The summed E-state index contributed by atoms with van der Waals surface area (Å²) in [5, 5.41) is 15.3. The summed E-state index contributed by atoms with van der Waals surface area (Å²) in [4.78, 5) is 47.0. The van der Waals surface area contributed by atoms with Crippen molar-refractivity contribution in [1.29, 1.82) is 0 Å². The lowest BCUT2D eigenvalue weighted by Crippen LogP contribution is -2.50. The van der Waals surface area contributed by atoms with E-state index in [2.05, 4.69) is 10.1 Å². The standard InChI is InChI=1S/C30H33ClN4O6/c1-17-19-9-8-18(32-28(19)41-33-17)16-40-25-11-10-23(31)22-12-14-35(24(27(22)25)15-34-13-4-7-26(34)36)29(37)20-5-2-3-6-21(20)30(38)39/h8-11,20-21,24H,2-7,12-16H2,1H3,(H,38,39)/t20-,21+,24-/m1/s1. The summed E-state index contributed by atoms with van der Waals surface area (Å²) in [5.41, 5.74) is 3.51. The monoisotopic (exact) mass is 580 g/mol. The van der Waals surface area contributed by atoms with Crippen molar-refractivity contribution >= 4 is 40.5 Å². The molecule has 1 saturated heterocycles. The average Bonchev–Trinajstić information content (AvgIpc) is 3.56. The van der Waals surface area contributed by atoms with Gasteiger partial charge >= 0.3 is 5.97 Å². The Hall–Kier alpha value is -3.66. The molecule has 4 heterocycles. The maximum Gasteiger partial charge on any atom is 0.307 e. The number of ether oxygens (including phenoxy) is 1. The van der Waals surface area contributed by atoms with Crippen molar-refractivity contribution in [2.24, 2.45) is 11.8 Å². The minimum absolute atomic E-state index is 0.0509. The van der Waals surface area contributed by atoms with Crippen LogP contribution in [0.2, 0.25) is 5.02 Å². The first kappa shape index (κ1) is 27.5. The van der Waals surface area contributed by atoms with Gasteiger partial charge in [-0.15, -0.1) is 0 Å². The highest BCUT2D eigenvalue weighted by atomic mass is 35.5. The number of aryl methyl sites for hydroxylation is 1. The Morgan fingerprint density at radius 3 is 2.66 bits per heavy atom. The molecule has 2 fully saturated rings. The van der Waals surface area contributed by atoms with Gasteiger partial charge in [-0.25, -0.2) is 4.98 Å². The Morgan fingerprint density at radius 2 is 1.90 bits per heavy atom. The molecule has 10 nitrogen and oxygen atoms in total. The number of aliphatic carboxylic acids is 1. The highest BCUT2D eigenvalue weighted by molar-refractivity contribution is 6.31. The molecule has 2 amide bonds. The van der Waals surface area contributed by atoms with Crippen LogP contribution in [0.4, 0.5) is 0 Å².